The fraction of sp³-hybridized carbons (Fsp3) is 0.409. The lowest BCUT2D eigenvalue weighted by Gasteiger charge is -2.30. The molecule has 1 aliphatic rings. The Kier molecular flexibility index (Phi) is 7.56. The molecule has 0 aromatic heterocycles. The van der Waals surface area contributed by atoms with E-state index in [0.29, 0.717) is 39.5 Å². The summed E-state index contributed by atoms with van der Waals surface area (Å²) < 4.78 is 16.5. The molecule has 6 nitrogen and oxygen atoms in total. The molecule has 3 rings (SSSR count). The first-order chi connectivity index (χ1) is 14.5. The molecule has 1 fully saturated rings. The second-order valence-corrected chi connectivity index (χ2v) is 7.93. The average molecular weight is 453 g/mol. The summed E-state index contributed by atoms with van der Waals surface area (Å²) >= 11 is 12.1. The Hall–Kier alpha value is -2.31. The summed E-state index contributed by atoms with van der Waals surface area (Å²) in [5, 5.41) is 3.78. The Morgan fingerprint density at radius 2 is 1.70 bits per heavy atom. The Labute approximate surface area is 187 Å². The number of urea groups is 1. The smallest absolute Gasteiger partial charge is 0.322 e. The predicted octanol–water partition coefficient (Wildman–Crippen LogP) is 6.00. The van der Waals surface area contributed by atoms with Crippen LogP contribution in [0, 0.1) is 0 Å². The average Bonchev–Trinajstić information content (AvgIpc) is 3.28. The van der Waals surface area contributed by atoms with Crippen molar-refractivity contribution >= 4 is 34.9 Å². The van der Waals surface area contributed by atoms with Crippen molar-refractivity contribution in [1.29, 1.82) is 0 Å². The number of ether oxygens (including phenoxy) is 3. The number of anilines is 1. The van der Waals surface area contributed by atoms with Gasteiger partial charge < -0.3 is 24.4 Å². The highest BCUT2D eigenvalue weighted by atomic mass is 35.5. The molecule has 2 aromatic rings. The summed E-state index contributed by atoms with van der Waals surface area (Å²) in [7, 11) is 4.72. The fourth-order valence-electron chi connectivity index (χ4n) is 3.82. The van der Waals surface area contributed by atoms with Crippen LogP contribution in [0.1, 0.15) is 31.2 Å². The molecule has 2 amide bonds. The number of benzene rings is 2. The van der Waals surface area contributed by atoms with Gasteiger partial charge in [-0.1, -0.05) is 36.0 Å². The normalized spacial score (nSPS) is 13.8. The first kappa shape index (κ1) is 22.4. The number of rotatable bonds is 7. The van der Waals surface area contributed by atoms with Gasteiger partial charge in [0.05, 0.1) is 37.9 Å². The van der Waals surface area contributed by atoms with Gasteiger partial charge in [0.15, 0.2) is 11.5 Å². The minimum absolute atomic E-state index is 0.144. The lowest BCUT2D eigenvalue weighted by atomic mass is 10.1. The van der Waals surface area contributed by atoms with Crippen molar-refractivity contribution in [3.05, 3.63) is 45.9 Å². The number of nitrogens with one attached hydrogen (secondary N) is 1. The number of amides is 2. The number of hydrogen-bond acceptors (Lipinski definition) is 4. The van der Waals surface area contributed by atoms with Gasteiger partial charge in [0, 0.05) is 17.3 Å². The zero-order valence-corrected chi connectivity index (χ0v) is 18.8. The minimum atomic E-state index is -0.197. The van der Waals surface area contributed by atoms with Gasteiger partial charge in [-0.15, -0.1) is 0 Å². The molecule has 0 heterocycles. The first-order valence-electron chi connectivity index (χ1n) is 9.79. The van der Waals surface area contributed by atoms with Gasteiger partial charge in [0.25, 0.3) is 0 Å². The second-order valence-electron chi connectivity index (χ2n) is 7.12. The Morgan fingerprint density at radius 3 is 2.30 bits per heavy atom. The van der Waals surface area contributed by atoms with Crippen LogP contribution in [0.2, 0.25) is 10.0 Å². The third kappa shape index (κ3) is 4.87. The topological polar surface area (TPSA) is 60.0 Å². The van der Waals surface area contributed by atoms with E-state index in [0.717, 1.165) is 31.2 Å². The summed E-state index contributed by atoms with van der Waals surface area (Å²) in [6, 6.07) is 8.70. The van der Waals surface area contributed by atoms with Crippen molar-refractivity contribution in [1.82, 2.24) is 4.90 Å². The van der Waals surface area contributed by atoms with Crippen molar-refractivity contribution in [2.45, 2.75) is 38.3 Å². The summed E-state index contributed by atoms with van der Waals surface area (Å²) in [6.07, 6.45) is 4.13. The van der Waals surface area contributed by atoms with E-state index in [1.165, 1.54) is 0 Å². The second kappa shape index (κ2) is 10.1. The third-order valence-corrected chi connectivity index (χ3v) is 6.06. The summed E-state index contributed by atoms with van der Waals surface area (Å²) in [5.74, 6) is 1.64. The van der Waals surface area contributed by atoms with Crippen LogP contribution in [-0.4, -0.2) is 38.3 Å². The van der Waals surface area contributed by atoms with E-state index in [9.17, 15) is 4.79 Å². The maximum atomic E-state index is 13.2. The van der Waals surface area contributed by atoms with Crippen molar-refractivity contribution in [3.8, 4) is 17.2 Å². The molecule has 1 N–H and O–H groups in total. The van der Waals surface area contributed by atoms with E-state index in [1.807, 2.05) is 17.0 Å². The van der Waals surface area contributed by atoms with E-state index < -0.39 is 0 Å². The number of halogens is 2. The molecule has 0 spiro atoms. The monoisotopic (exact) mass is 452 g/mol. The molecule has 0 radical (unpaired) electrons. The van der Waals surface area contributed by atoms with E-state index in [2.05, 4.69) is 5.32 Å². The van der Waals surface area contributed by atoms with Crippen LogP contribution in [0.25, 0.3) is 0 Å². The standard InChI is InChI=1S/C22H26Cl2N2O4/c1-28-19-11-8-14(20(29-2)21(19)30-3)13-26(16-6-4-5-7-16)22(27)25-15-9-10-17(23)18(24)12-15/h8-12,16H,4-7,13H2,1-3H3,(H,25,27). The molecule has 0 bridgehead atoms. The number of hydrogen-bond donors (Lipinski definition) is 1. The van der Waals surface area contributed by atoms with Gasteiger partial charge >= 0.3 is 6.03 Å². The van der Waals surface area contributed by atoms with Gasteiger partial charge in [-0.2, -0.15) is 0 Å². The minimum Gasteiger partial charge on any atom is -0.493 e. The zero-order valence-electron chi connectivity index (χ0n) is 17.3. The molecule has 0 saturated heterocycles. The van der Waals surface area contributed by atoms with E-state index >= 15 is 0 Å². The lowest BCUT2D eigenvalue weighted by Crippen LogP contribution is -2.41. The maximum absolute atomic E-state index is 13.2. The SMILES string of the molecule is COc1ccc(CN(C(=O)Nc2ccc(Cl)c(Cl)c2)C2CCCC2)c(OC)c1OC. The highest BCUT2D eigenvalue weighted by Crippen LogP contribution is 2.41. The summed E-state index contributed by atoms with van der Waals surface area (Å²) in [6.45, 7) is 0.376. The van der Waals surface area contributed by atoms with Crippen LogP contribution in [0.3, 0.4) is 0 Å². The molecule has 8 heteroatoms. The van der Waals surface area contributed by atoms with Gasteiger partial charge in [0.2, 0.25) is 5.75 Å². The largest absolute Gasteiger partial charge is 0.493 e. The van der Waals surface area contributed by atoms with Crippen LogP contribution < -0.4 is 19.5 Å². The Balaban J connectivity index is 1.89. The van der Waals surface area contributed by atoms with Crippen molar-refractivity contribution < 1.29 is 19.0 Å². The molecule has 1 aliphatic carbocycles. The molecule has 0 aliphatic heterocycles. The van der Waals surface area contributed by atoms with E-state index in [1.54, 1.807) is 39.5 Å². The van der Waals surface area contributed by atoms with Gasteiger partial charge in [-0.3, -0.25) is 0 Å². The van der Waals surface area contributed by atoms with Crippen LogP contribution in [-0.2, 0) is 6.54 Å². The molecule has 1 saturated carbocycles. The van der Waals surface area contributed by atoms with Gasteiger partial charge in [0.1, 0.15) is 0 Å². The van der Waals surface area contributed by atoms with Crippen molar-refractivity contribution in [2.75, 3.05) is 26.6 Å². The number of methoxy groups -OCH3 is 3. The van der Waals surface area contributed by atoms with E-state index in [-0.39, 0.29) is 12.1 Å². The van der Waals surface area contributed by atoms with Crippen LogP contribution in [0.5, 0.6) is 17.2 Å². The quantitative estimate of drug-likeness (QED) is 0.559. The summed E-state index contributed by atoms with van der Waals surface area (Å²) in [4.78, 5) is 15.1. The molecular weight excluding hydrogens is 427 g/mol. The zero-order chi connectivity index (χ0) is 21.7. The third-order valence-electron chi connectivity index (χ3n) is 5.32. The molecule has 2 aromatic carbocycles. The molecular formula is C22H26Cl2N2O4. The highest BCUT2D eigenvalue weighted by molar-refractivity contribution is 6.42. The number of carbonyl (C=O) groups excluding carboxylic acids is 1. The number of carbonyl (C=O) groups is 1. The lowest BCUT2D eigenvalue weighted by molar-refractivity contribution is 0.183. The first-order valence-corrected chi connectivity index (χ1v) is 10.5. The number of nitrogens with zero attached hydrogens (tertiary/aromatic N) is 1. The molecule has 0 unspecified atom stereocenters. The van der Waals surface area contributed by atoms with Crippen molar-refractivity contribution in [3.63, 3.8) is 0 Å². The maximum Gasteiger partial charge on any atom is 0.322 e. The van der Waals surface area contributed by atoms with Gasteiger partial charge in [-0.25, -0.2) is 4.79 Å². The van der Waals surface area contributed by atoms with Crippen LogP contribution in [0.4, 0.5) is 10.5 Å². The van der Waals surface area contributed by atoms with Crippen LogP contribution in [0.15, 0.2) is 30.3 Å². The van der Waals surface area contributed by atoms with E-state index in [4.69, 9.17) is 37.4 Å². The van der Waals surface area contributed by atoms with Crippen molar-refractivity contribution in [2.24, 2.45) is 0 Å². The molecule has 0 atom stereocenters. The molecule has 30 heavy (non-hydrogen) atoms. The summed E-state index contributed by atoms with van der Waals surface area (Å²) in [5.41, 5.74) is 1.43. The Bertz CT molecular complexity index is 901. The van der Waals surface area contributed by atoms with Crippen LogP contribution >= 0.6 is 23.2 Å². The fourth-order valence-corrected chi connectivity index (χ4v) is 4.12. The Morgan fingerprint density at radius 1 is 1.00 bits per heavy atom. The van der Waals surface area contributed by atoms with Gasteiger partial charge in [-0.05, 0) is 43.2 Å². The highest BCUT2D eigenvalue weighted by Gasteiger charge is 2.29. The molecule has 162 valence electrons. The predicted molar refractivity (Wildman–Crippen MR) is 119 cm³/mol.